The Morgan fingerprint density at radius 1 is 1.14 bits per heavy atom. The van der Waals surface area contributed by atoms with E-state index in [9.17, 15) is 22.8 Å². The number of H-pyrrole nitrogens is 1. The lowest BCUT2D eigenvalue weighted by molar-refractivity contribution is -0.192. The van der Waals surface area contributed by atoms with Crippen molar-refractivity contribution in [3.8, 4) is 0 Å². The highest BCUT2D eigenvalue weighted by Gasteiger charge is 2.38. The molecule has 2 aliphatic heterocycles. The van der Waals surface area contributed by atoms with Gasteiger partial charge in [0.15, 0.2) is 0 Å². The standard InChI is InChI=1S/C22H27FN4O2.C2HF3O2/c1-14-15(2)21(28)25-24-19(14)10-17-6-5-7-18(20(17)23)22(29)27-12-16(13-27)11-26-8-3-4-9-26;3-2(4,5)1(6)7/h5-7,16H,3-4,8-13H2,1-2H3,(H,25,28);(H,6,7). The average Bonchev–Trinajstić information content (AvgIpc) is 3.30. The van der Waals surface area contributed by atoms with Crippen LogP contribution in [0.1, 0.15) is 45.6 Å². The van der Waals surface area contributed by atoms with Gasteiger partial charge in [0.05, 0.1) is 11.3 Å². The summed E-state index contributed by atoms with van der Waals surface area (Å²) in [6.07, 6.45) is -2.33. The van der Waals surface area contributed by atoms with E-state index in [2.05, 4.69) is 15.1 Å². The van der Waals surface area contributed by atoms with Crippen molar-refractivity contribution in [3.05, 3.63) is 62.3 Å². The Hall–Kier alpha value is -3.28. The number of alkyl halides is 3. The zero-order chi connectivity index (χ0) is 26.6. The fraction of sp³-hybridized carbons (Fsp3) is 0.500. The van der Waals surface area contributed by atoms with E-state index in [4.69, 9.17) is 9.90 Å². The molecular formula is C24H28F4N4O4. The summed E-state index contributed by atoms with van der Waals surface area (Å²) in [4.78, 5) is 37.6. The van der Waals surface area contributed by atoms with Crippen molar-refractivity contribution in [2.45, 2.75) is 39.3 Å². The number of likely N-dealkylation sites (tertiary alicyclic amines) is 2. The number of amides is 1. The van der Waals surface area contributed by atoms with Crippen LogP contribution in [0.5, 0.6) is 0 Å². The number of carbonyl (C=O) groups is 2. The molecule has 0 bridgehead atoms. The van der Waals surface area contributed by atoms with E-state index in [1.807, 2.05) is 0 Å². The van der Waals surface area contributed by atoms with E-state index in [1.165, 1.54) is 12.8 Å². The van der Waals surface area contributed by atoms with Crippen LogP contribution in [0.15, 0.2) is 23.0 Å². The van der Waals surface area contributed by atoms with Gasteiger partial charge in [-0.15, -0.1) is 0 Å². The quantitative estimate of drug-likeness (QED) is 0.597. The molecule has 12 heteroatoms. The molecule has 2 N–H and O–H groups in total. The van der Waals surface area contributed by atoms with E-state index in [-0.39, 0.29) is 23.5 Å². The van der Waals surface area contributed by atoms with Crippen LogP contribution in [0.4, 0.5) is 17.6 Å². The zero-order valence-electron chi connectivity index (χ0n) is 20.0. The molecule has 0 saturated carbocycles. The lowest BCUT2D eigenvalue weighted by atomic mass is 9.96. The van der Waals surface area contributed by atoms with Crippen molar-refractivity contribution in [2.24, 2.45) is 5.92 Å². The van der Waals surface area contributed by atoms with Crippen LogP contribution in [0.25, 0.3) is 0 Å². The highest BCUT2D eigenvalue weighted by atomic mass is 19.4. The second-order valence-corrected chi connectivity index (χ2v) is 9.09. The average molecular weight is 513 g/mol. The van der Waals surface area contributed by atoms with E-state index >= 15 is 4.39 Å². The van der Waals surface area contributed by atoms with Gasteiger partial charge in [-0.1, -0.05) is 12.1 Å². The minimum absolute atomic E-state index is 0.112. The highest BCUT2D eigenvalue weighted by Crippen LogP contribution is 2.24. The molecule has 2 aromatic rings. The predicted octanol–water partition coefficient (Wildman–Crippen LogP) is 2.92. The maximum Gasteiger partial charge on any atom is 0.490 e. The summed E-state index contributed by atoms with van der Waals surface area (Å²) >= 11 is 0. The van der Waals surface area contributed by atoms with Gasteiger partial charge in [0.2, 0.25) is 0 Å². The molecule has 0 unspecified atom stereocenters. The Morgan fingerprint density at radius 2 is 1.75 bits per heavy atom. The number of aromatic amines is 1. The maximum absolute atomic E-state index is 15.1. The molecule has 1 aromatic heterocycles. The van der Waals surface area contributed by atoms with Gasteiger partial charge < -0.3 is 14.9 Å². The molecule has 2 fully saturated rings. The third kappa shape index (κ3) is 6.48. The van der Waals surface area contributed by atoms with Gasteiger partial charge in [0.1, 0.15) is 5.82 Å². The number of nitrogens with zero attached hydrogens (tertiary/aromatic N) is 3. The van der Waals surface area contributed by atoms with Gasteiger partial charge in [-0.25, -0.2) is 14.3 Å². The van der Waals surface area contributed by atoms with E-state index in [1.54, 1.807) is 36.9 Å². The van der Waals surface area contributed by atoms with Crippen LogP contribution in [0.3, 0.4) is 0 Å². The Labute approximate surface area is 204 Å². The number of carbonyl (C=O) groups excluding carboxylic acids is 1. The second kappa shape index (κ2) is 11.2. The van der Waals surface area contributed by atoms with Gasteiger partial charge in [0, 0.05) is 37.5 Å². The number of aliphatic carboxylic acids is 1. The van der Waals surface area contributed by atoms with Crippen LogP contribution < -0.4 is 5.56 Å². The summed E-state index contributed by atoms with van der Waals surface area (Å²) in [6.45, 7) is 8.25. The van der Waals surface area contributed by atoms with Crippen molar-refractivity contribution in [2.75, 3.05) is 32.7 Å². The van der Waals surface area contributed by atoms with Crippen LogP contribution in [-0.2, 0) is 11.2 Å². The molecule has 0 atom stereocenters. The molecule has 1 amide bonds. The number of hydrogen-bond donors (Lipinski definition) is 2. The highest BCUT2D eigenvalue weighted by molar-refractivity contribution is 5.95. The van der Waals surface area contributed by atoms with Crippen molar-refractivity contribution < 1.29 is 32.3 Å². The molecule has 2 aliphatic rings. The fourth-order valence-corrected chi connectivity index (χ4v) is 4.26. The SMILES string of the molecule is Cc1c(Cc2cccc(C(=O)N3CC(CN4CCCC4)C3)c2F)n[nH]c(=O)c1C.O=C(O)C(F)(F)F. The molecule has 3 heterocycles. The number of hydrogen-bond acceptors (Lipinski definition) is 5. The summed E-state index contributed by atoms with van der Waals surface area (Å²) in [7, 11) is 0. The summed E-state index contributed by atoms with van der Waals surface area (Å²) < 4.78 is 46.8. The van der Waals surface area contributed by atoms with Gasteiger partial charge >= 0.3 is 12.1 Å². The summed E-state index contributed by atoms with van der Waals surface area (Å²) in [5.41, 5.74) is 2.22. The first-order valence-electron chi connectivity index (χ1n) is 11.5. The molecule has 36 heavy (non-hydrogen) atoms. The first-order chi connectivity index (χ1) is 16.9. The first kappa shape index (κ1) is 27.3. The smallest absolute Gasteiger partial charge is 0.475 e. The number of carboxylic acid groups (broad SMARTS) is 1. The van der Waals surface area contributed by atoms with Crippen LogP contribution >= 0.6 is 0 Å². The molecule has 0 radical (unpaired) electrons. The summed E-state index contributed by atoms with van der Waals surface area (Å²) in [6, 6.07) is 4.92. The Bertz CT molecular complexity index is 1170. The molecule has 8 nitrogen and oxygen atoms in total. The van der Waals surface area contributed by atoms with Crippen molar-refractivity contribution >= 4 is 11.9 Å². The number of halogens is 4. The Kier molecular flexibility index (Phi) is 8.49. The third-order valence-electron chi connectivity index (χ3n) is 6.50. The number of benzene rings is 1. The fourth-order valence-electron chi connectivity index (χ4n) is 4.26. The number of carboxylic acids is 1. The van der Waals surface area contributed by atoms with E-state index in [0.717, 1.165) is 25.2 Å². The van der Waals surface area contributed by atoms with Gasteiger partial charge in [0.25, 0.3) is 11.5 Å². The number of nitrogens with one attached hydrogen (secondary N) is 1. The number of rotatable bonds is 5. The van der Waals surface area contributed by atoms with E-state index in [0.29, 0.717) is 35.8 Å². The van der Waals surface area contributed by atoms with Crippen molar-refractivity contribution in [3.63, 3.8) is 0 Å². The predicted molar refractivity (Wildman–Crippen MR) is 122 cm³/mol. The molecule has 0 spiro atoms. The molecule has 0 aliphatic carbocycles. The molecule has 1 aromatic carbocycles. The van der Waals surface area contributed by atoms with Crippen LogP contribution in [0.2, 0.25) is 0 Å². The molecule has 196 valence electrons. The van der Waals surface area contributed by atoms with Gasteiger partial charge in [-0.3, -0.25) is 9.59 Å². The zero-order valence-corrected chi connectivity index (χ0v) is 20.0. The van der Waals surface area contributed by atoms with Gasteiger partial charge in [-0.05, 0) is 57.0 Å². The lowest BCUT2D eigenvalue weighted by Gasteiger charge is -2.41. The lowest BCUT2D eigenvalue weighted by Crippen LogP contribution is -2.53. The maximum atomic E-state index is 15.1. The monoisotopic (exact) mass is 512 g/mol. The van der Waals surface area contributed by atoms with Crippen molar-refractivity contribution in [1.29, 1.82) is 0 Å². The summed E-state index contributed by atoms with van der Waals surface area (Å²) in [5, 5.41) is 13.6. The molecule has 4 rings (SSSR count). The van der Waals surface area contributed by atoms with Crippen molar-refractivity contribution in [1.82, 2.24) is 20.0 Å². The second-order valence-electron chi connectivity index (χ2n) is 9.09. The first-order valence-corrected chi connectivity index (χ1v) is 11.5. The Balaban J connectivity index is 0.000000454. The largest absolute Gasteiger partial charge is 0.490 e. The Morgan fingerprint density at radius 3 is 2.33 bits per heavy atom. The topological polar surface area (TPSA) is 107 Å². The third-order valence-corrected chi connectivity index (χ3v) is 6.50. The molecular weight excluding hydrogens is 484 g/mol. The van der Waals surface area contributed by atoms with E-state index < -0.39 is 18.0 Å². The van der Waals surface area contributed by atoms with Gasteiger partial charge in [-0.2, -0.15) is 18.3 Å². The normalized spacial score (nSPS) is 16.3. The van der Waals surface area contributed by atoms with Crippen LogP contribution in [0, 0.1) is 25.6 Å². The van der Waals surface area contributed by atoms with Crippen LogP contribution in [-0.4, -0.2) is 75.9 Å². The molecule has 2 saturated heterocycles. The summed E-state index contributed by atoms with van der Waals surface area (Å²) in [5.74, 6) is -3.01. The minimum atomic E-state index is -5.08. The number of aromatic nitrogens is 2. The minimum Gasteiger partial charge on any atom is -0.475 e.